The van der Waals surface area contributed by atoms with Gasteiger partial charge in [-0.05, 0) is 25.7 Å². The van der Waals surface area contributed by atoms with Gasteiger partial charge < -0.3 is 9.90 Å². The third kappa shape index (κ3) is 1.13. The molecule has 0 radical (unpaired) electrons. The molecular formula is C7H12O2. The quantitative estimate of drug-likeness (QED) is 0.557. The monoisotopic (exact) mass is 128 g/mol. The molecule has 9 heavy (non-hydrogen) atoms. The van der Waals surface area contributed by atoms with E-state index in [1.54, 1.807) is 6.92 Å². The first kappa shape index (κ1) is 6.75. The Morgan fingerprint density at radius 2 is 2.22 bits per heavy atom. The minimum Gasteiger partial charge on any atom is -0.382 e. The van der Waals surface area contributed by atoms with E-state index in [1.165, 1.54) is 0 Å². The van der Waals surface area contributed by atoms with Crippen LogP contribution < -0.4 is 0 Å². The van der Waals surface area contributed by atoms with Crippen molar-refractivity contribution >= 4 is 6.29 Å². The van der Waals surface area contributed by atoms with Gasteiger partial charge in [-0.15, -0.1) is 0 Å². The molecule has 0 amide bonds. The SMILES string of the molecule is CC(O)(C=O)C1CCC1. The van der Waals surface area contributed by atoms with Crippen molar-refractivity contribution in [3.8, 4) is 0 Å². The fourth-order valence-electron chi connectivity index (χ4n) is 1.09. The normalized spacial score (nSPS) is 26.4. The maximum absolute atomic E-state index is 10.2. The summed E-state index contributed by atoms with van der Waals surface area (Å²) in [5.41, 5.74) is -1.04. The second-order valence-electron chi connectivity index (χ2n) is 2.97. The Hall–Kier alpha value is -0.370. The van der Waals surface area contributed by atoms with Gasteiger partial charge in [0, 0.05) is 0 Å². The Labute approximate surface area is 54.9 Å². The number of hydrogen-bond donors (Lipinski definition) is 1. The molecule has 1 aliphatic rings. The minimum absolute atomic E-state index is 0.231. The van der Waals surface area contributed by atoms with Crippen LogP contribution in [0, 0.1) is 5.92 Å². The van der Waals surface area contributed by atoms with Gasteiger partial charge in [-0.1, -0.05) is 6.42 Å². The van der Waals surface area contributed by atoms with Crippen molar-refractivity contribution in [2.24, 2.45) is 5.92 Å². The van der Waals surface area contributed by atoms with Gasteiger partial charge in [0.05, 0.1) is 0 Å². The molecule has 1 aliphatic carbocycles. The second-order valence-corrected chi connectivity index (χ2v) is 2.97. The first-order chi connectivity index (χ1) is 4.17. The van der Waals surface area contributed by atoms with Crippen LogP contribution in [0.3, 0.4) is 0 Å². The molecule has 0 spiro atoms. The van der Waals surface area contributed by atoms with Gasteiger partial charge in [-0.25, -0.2) is 0 Å². The van der Waals surface area contributed by atoms with E-state index in [1.807, 2.05) is 0 Å². The number of rotatable bonds is 2. The van der Waals surface area contributed by atoms with E-state index in [9.17, 15) is 9.90 Å². The van der Waals surface area contributed by atoms with E-state index in [0.29, 0.717) is 6.29 Å². The van der Waals surface area contributed by atoms with Gasteiger partial charge in [-0.3, -0.25) is 0 Å². The number of carbonyl (C=O) groups excluding carboxylic acids is 1. The Morgan fingerprint density at radius 1 is 1.67 bits per heavy atom. The summed E-state index contributed by atoms with van der Waals surface area (Å²) in [5.74, 6) is 0.231. The molecule has 0 aliphatic heterocycles. The van der Waals surface area contributed by atoms with Gasteiger partial charge in [-0.2, -0.15) is 0 Å². The van der Waals surface area contributed by atoms with Crippen LogP contribution in [-0.2, 0) is 4.79 Å². The highest BCUT2D eigenvalue weighted by molar-refractivity contribution is 5.62. The molecule has 0 saturated heterocycles. The summed E-state index contributed by atoms with van der Waals surface area (Å²) in [7, 11) is 0. The third-order valence-electron chi connectivity index (χ3n) is 2.17. The zero-order valence-electron chi connectivity index (χ0n) is 5.63. The van der Waals surface area contributed by atoms with E-state index in [2.05, 4.69) is 0 Å². The van der Waals surface area contributed by atoms with Gasteiger partial charge >= 0.3 is 0 Å². The standard InChI is InChI=1S/C7H12O2/c1-7(9,5-8)6-3-2-4-6/h5-6,9H,2-4H2,1H3. The molecule has 1 saturated carbocycles. The van der Waals surface area contributed by atoms with Crippen molar-refractivity contribution < 1.29 is 9.90 Å². The lowest BCUT2D eigenvalue weighted by molar-refractivity contribution is -0.131. The fraction of sp³-hybridized carbons (Fsp3) is 0.857. The zero-order chi connectivity index (χ0) is 6.91. The lowest BCUT2D eigenvalue weighted by atomic mass is 9.74. The third-order valence-corrected chi connectivity index (χ3v) is 2.17. The first-order valence-corrected chi connectivity index (χ1v) is 3.35. The van der Waals surface area contributed by atoms with Crippen LogP contribution in [0.1, 0.15) is 26.2 Å². The molecular weight excluding hydrogens is 116 g/mol. The molecule has 0 aromatic heterocycles. The lowest BCUT2D eigenvalue weighted by Crippen LogP contribution is -2.40. The summed E-state index contributed by atoms with van der Waals surface area (Å²) >= 11 is 0. The van der Waals surface area contributed by atoms with Crippen molar-refractivity contribution in [1.29, 1.82) is 0 Å². The van der Waals surface area contributed by atoms with Crippen LogP contribution in [-0.4, -0.2) is 17.0 Å². The average Bonchev–Trinajstić information content (AvgIpc) is 1.60. The van der Waals surface area contributed by atoms with Crippen LogP contribution in [0.15, 0.2) is 0 Å². The second kappa shape index (κ2) is 2.10. The van der Waals surface area contributed by atoms with Crippen LogP contribution in [0.2, 0.25) is 0 Å². The Bertz CT molecular complexity index is 114. The minimum atomic E-state index is -1.04. The summed E-state index contributed by atoms with van der Waals surface area (Å²) < 4.78 is 0. The van der Waals surface area contributed by atoms with E-state index in [-0.39, 0.29) is 5.92 Å². The summed E-state index contributed by atoms with van der Waals surface area (Å²) in [6, 6.07) is 0. The Kier molecular flexibility index (Phi) is 1.58. The zero-order valence-corrected chi connectivity index (χ0v) is 5.63. The highest BCUT2D eigenvalue weighted by Crippen LogP contribution is 2.34. The molecule has 2 heteroatoms. The summed E-state index contributed by atoms with van der Waals surface area (Å²) in [5, 5.41) is 9.27. The molecule has 1 fully saturated rings. The van der Waals surface area contributed by atoms with Crippen molar-refractivity contribution in [2.45, 2.75) is 31.8 Å². The predicted molar refractivity (Wildman–Crippen MR) is 34.0 cm³/mol. The predicted octanol–water partition coefficient (Wildman–Crippen LogP) is 0.736. The van der Waals surface area contributed by atoms with Crippen molar-refractivity contribution in [1.82, 2.24) is 0 Å². The van der Waals surface area contributed by atoms with Gasteiger partial charge in [0.25, 0.3) is 0 Å². The molecule has 0 bridgehead atoms. The Balaban J connectivity index is 2.46. The van der Waals surface area contributed by atoms with Crippen molar-refractivity contribution in [3.05, 3.63) is 0 Å². The molecule has 0 aromatic carbocycles. The van der Waals surface area contributed by atoms with Crippen molar-refractivity contribution in [3.63, 3.8) is 0 Å². The van der Waals surface area contributed by atoms with Crippen LogP contribution >= 0.6 is 0 Å². The Morgan fingerprint density at radius 3 is 2.33 bits per heavy atom. The van der Waals surface area contributed by atoms with Crippen LogP contribution in [0.25, 0.3) is 0 Å². The molecule has 52 valence electrons. The first-order valence-electron chi connectivity index (χ1n) is 3.35. The van der Waals surface area contributed by atoms with E-state index < -0.39 is 5.60 Å². The molecule has 1 unspecified atom stereocenters. The van der Waals surface area contributed by atoms with E-state index in [0.717, 1.165) is 19.3 Å². The lowest BCUT2D eigenvalue weighted by Gasteiger charge is -2.34. The average molecular weight is 128 g/mol. The van der Waals surface area contributed by atoms with Crippen molar-refractivity contribution in [2.75, 3.05) is 0 Å². The maximum Gasteiger partial charge on any atom is 0.151 e. The van der Waals surface area contributed by atoms with Gasteiger partial charge in [0.1, 0.15) is 5.60 Å². The van der Waals surface area contributed by atoms with Gasteiger partial charge in [0.2, 0.25) is 0 Å². The summed E-state index contributed by atoms with van der Waals surface area (Å²) in [6.45, 7) is 1.59. The van der Waals surface area contributed by atoms with E-state index in [4.69, 9.17) is 0 Å². The number of aldehydes is 1. The van der Waals surface area contributed by atoms with Gasteiger partial charge in [0.15, 0.2) is 6.29 Å². The molecule has 0 heterocycles. The number of hydrogen-bond acceptors (Lipinski definition) is 2. The molecule has 1 atom stereocenters. The number of carbonyl (C=O) groups is 1. The van der Waals surface area contributed by atoms with Crippen LogP contribution in [0.4, 0.5) is 0 Å². The molecule has 1 N–H and O–H groups in total. The summed E-state index contributed by atoms with van der Waals surface area (Å²) in [4.78, 5) is 10.2. The maximum atomic E-state index is 10.2. The highest BCUT2D eigenvalue weighted by atomic mass is 16.3. The summed E-state index contributed by atoms with van der Waals surface area (Å²) in [6.07, 6.45) is 3.82. The number of aliphatic hydroxyl groups is 1. The van der Waals surface area contributed by atoms with E-state index >= 15 is 0 Å². The molecule has 2 nitrogen and oxygen atoms in total. The topological polar surface area (TPSA) is 37.3 Å². The molecule has 1 rings (SSSR count). The smallest absolute Gasteiger partial charge is 0.151 e. The fourth-order valence-corrected chi connectivity index (χ4v) is 1.09. The van der Waals surface area contributed by atoms with Crippen LogP contribution in [0.5, 0.6) is 0 Å². The molecule has 0 aromatic rings. The highest BCUT2D eigenvalue weighted by Gasteiger charge is 2.35. The largest absolute Gasteiger partial charge is 0.382 e.